The fraction of sp³-hybridized carbons (Fsp3) is 0.200. The highest BCUT2D eigenvalue weighted by Crippen LogP contribution is 2.24. The molecule has 0 saturated heterocycles. The van der Waals surface area contributed by atoms with Gasteiger partial charge in [-0.1, -0.05) is 38.1 Å². The van der Waals surface area contributed by atoms with Crippen molar-refractivity contribution >= 4 is 0 Å². The predicted octanol–water partition coefficient (Wildman–Crippen LogP) is 5.92. The van der Waals surface area contributed by atoms with Gasteiger partial charge >= 0.3 is 0 Å². The first-order chi connectivity index (χ1) is 14.2. The Bertz CT molecular complexity index is 915. The van der Waals surface area contributed by atoms with Crippen molar-refractivity contribution in [2.45, 2.75) is 34.0 Å². The maximum atomic E-state index is 8.85. The van der Waals surface area contributed by atoms with Gasteiger partial charge in [-0.3, -0.25) is 0 Å². The number of rotatable bonds is 6. The minimum Gasteiger partial charge on any atom is -0.489 e. The van der Waals surface area contributed by atoms with Gasteiger partial charge in [-0.05, 0) is 60.0 Å². The smallest absolute Gasteiger partial charge is 0.123 e. The molecular weight excluding hydrogens is 360 g/mol. The van der Waals surface area contributed by atoms with E-state index in [1.165, 1.54) is 0 Å². The van der Waals surface area contributed by atoms with E-state index in [2.05, 4.69) is 12.1 Å². The second kappa shape index (κ2) is 11.2. The Morgan fingerprint density at radius 3 is 1.38 bits per heavy atom. The molecule has 0 unspecified atom stereocenters. The number of nitriles is 2. The Kier molecular flexibility index (Phi) is 8.29. The van der Waals surface area contributed by atoms with Crippen LogP contribution in [0.15, 0.2) is 66.7 Å². The highest BCUT2D eigenvalue weighted by molar-refractivity contribution is 5.39. The van der Waals surface area contributed by atoms with Crippen molar-refractivity contribution in [3.63, 3.8) is 0 Å². The molecule has 0 radical (unpaired) electrons. The lowest BCUT2D eigenvalue weighted by Gasteiger charge is -2.11. The van der Waals surface area contributed by atoms with Gasteiger partial charge in [0, 0.05) is 6.07 Å². The van der Waals surface area contributed by atoms with Crippen molar-refractivity contribution in [2.75, 3.05) is 0 Å². The van der Waals surface area contributed by atoms with Crippen molar-refractivity contribution in [1.29, 1.82) is 10.5 Å². The second-order valence-electron chi connectivity index (χ2n) is 6.18. The molecular formula is C25H24N2O2. The highest BCUT2D eigenvalue weighted by Gasteiger charge is 2.03. The molecule has 0 aliphatic rings. The quantitative estimate of drug-likeness (QED) is 0.529. The first-order valence-corrected chi connectivity index (χ1v) is 9.51. The monoisotopic (exact) mass is 384 g/mol. The molecule has 4 heteroatoms. The third-order valence-electron chi connectivity index (χ3n) is 4.00. The van der Waals surface area contributed by atoms with Gasteiger partial charge in [0.25, 0.3) is 0 Å². The summed E-state index contributed by atoms with van der Waals surface area (Å²) in [7, 11) is 0. The summed E-state index contributed by atoms with van der Waals surface area (Å²) >= 11 is 0. The van der Waals surface area contributed by atoms with Crippen LogP contribution in [-0.4, -0.2) is 0 Å². The summed E-state index contributed by atoms with van der Waals surface area (Å²) in [5.41, 5.74) is 4.30. The minimum absolute atomic E-state index is 0.421. The summed E-state index contributed by atoms with van der Waals surface area (Å²) in [5.74, 6) is 1.46. The van der Waals surface area contributed by atoms with Crippen LogP contribution in [0, 0.1) is 29.6 Å². The molecule has 0 heterocycles. The van der Waals surface area contributed by atoms with Crippen LogP contribution in [0.25, 0.3) is 0 Å². The van der Waals surface area contributed by atoms with Gasteiger partial charge < -0.3 is 9.47 Å². The first kappa shape index (κ1) is 21.5. The number of aryl methyl sites for hydroxylation is 1. The van der Waals surface area contributed by atoms with Gasteiger partial charge in [-0.25, -0.2) is 0 Å². The molecule has 0 aromatic heterocycles. The lowest BCUT2D eigenvalue weighted by Crippen LogP contribution is -1.99. The average Bonchev–Trinajstić information content (AvgIpc) is 2.78. The summed E-state index contributed by atoms with van der Waals surface area (Å²) in [4.78, 5) is 0. The fourth-order valence-electron chi connectivity index (χ4n) is 2.57. The van der Waals surface area contributed by atoms with Crippen LogP contribution in [0.1, 0.15) is 41.7 Å². The Balaban J connectivity index is 0.00000145. The van der Waals surface area contributed by atoms with Crippen LogP contribution in [-0.2, 0) is 13.2 Å². The molecule has 3 rings (SSSR count). The maximum absolute atomic E-state index is 8.85. The number of benzene rings is 3. The Labute approximate surface area is 172 Å². The average molecular weight is 384 g/mol. The first-order valence-electron chi connectivity index (χ1n) is 9.51. The minimum atomic E-state index is 0.421. The Morgan fingerprint density at radius 2 is 1.03 bits per heavy atom. The molecule has 3 aromatic rings. The van der Waals surface area contributed by atoms with Crippen molar-refractivity contribution in [2.24, 2.45) is 0 Å². The zero-order valence-electron chi connectivity index (χ0n) is 17.0. The summed E-state index contributed by atoms with van der Waals surface area (Å²) in [6.07, 6.45) is 0. The molecule has 0 spiro atoms. The van der Waals surface area contributed by atoms with Gasteiger partial charge in [0.05, 0.1) is 23.3 Å². The molecule has 3 aromatic carbocycles. The molecule has 29 heavy (non-hydrogen) atoms. The molecule has 0 fully saturated rings. The van der Waals surface area contributed by atoms with Gasteiger partial charge in [-0.15, -0.1) is 0 Å². The molecule has 4 nitrogen and oxygen atoms in total. The van der Waals surface area contributed by atoms with Gasteiger partial charge in [0.2, 0.25) is 0 Å². The van der Waals surface area contributed by atoms with E-state index in [0.717, 1.165) is 28.2 Å². The molecule has 146 valence electrons. The van der Waals surface area contributed by atoms with Gasteiger partial charge in [-0.2, -0.15) is 10.5 Å². The SMILES string of the molecule is CC.Cc1cc(OCc2ccc(C#N)cc2)cc(OCc2ccc(C#N)cc2)c1. The summed E-state index contributed by atoms with van der Waals surface area (Å²) < 4.78 is 11.7. The van der Waals surface area contributed by atoms with Crippen LogP contribution in [0.5, 0.6) is 11.5 Å². The highest BCUT2D eigenvalue weighted by atomic mass is 16.5. The standard InChI is InChI=1S/C23H18N2O2.C2H6/c1-17-10-22(26-15-20-6-2-18(13-24)3-7-20)12-23(11-17)27-16-21-8-4-19(14-25)5-9-21;1-2/h2-12H,15-16H2,1H3;1-2H3. The predicted molar refractivity (Wildman–Crippen MR) is 114 cm³/mol. The Hall–Kier alpha value is -3.76. The number of ether oxygens (including phenoxy) is 2. The lowest BCUT2D eigenvalue weighted by molar-refractivity contribution is 0.289. The van der Waals surface area contributed by atoms with Crippen molar-refractivity contribution in [3.8, 4) is 23.6 Å². The fourth-order valence-corrected chi connectivity index (χ4v) is 2.57. The molecule has 0 amide bonds. The van der Waals surface area contributed by atoms with Gasteiger partial charge in [0.1, 0.15) is 24.7 Å². The van der Waals surface area contributed by atoms with Crippen molar-refractivity contribution < 1.29 is 9.47 Å². The third kappa shape index (κ3) is 6.72. The third-order valence-corrected chi connectivity index (χ3v) is 4.00. The van der Waals surface area contributed by atoms with Crippen LogP contribution >= 0.6 is 0 Å². The van der Waals surface area contributed by atoms with Crippen molar-refractivity contribution in [3.05, 3.63) is 94.5 Å². The molecule has 0 N–H and O–H groups in total. The van der Waals surface area contributed by atoms with E-state index in [-0.39, 0.29) is 0 Å². The molecule has 0 saturated carbocycles. The number of nitrogens with zero attached hydrogens (tertiary/aromatic N) is 2. The van der Waals surface area contributed by atoms with E-state index >= 15 is 0 Å². The maximum Gasteiger partial charge on any atom is 0.123 e. The van der Waals surface area contributed by atoms with E-state index in [1.807, 2.05) is 63.2 Å². The van der Waals surface area contributed by atoms with Crippen LogP contribution in [0.2, 0.25) is 0 Å². The number of hydrogen-bond acceptors (Lipinski definition) is 4. The summed E-state index contributed by atoms with van der Waals surface area (Å²) in [6, 6.07) is 24.6. The van der Waals surface area contributed by atoms with E-state index in [1.54, 1.807) is 24.3 Å². The molecule has 0 aliphatic heterocycles. The van der Waals surface area contributed by atoms with Crippen LogP contribution < -0.4 is 9.47 Å². The van der Waals surface area contributed by atoms with E-state index < -0.39 is 0 Å². The zero-order chi connectivity index (χ0) is 21.1. The normalized spacial score (nSPS) is 9.41. The van der Waals surface area contributed by atoms with E-state index in [9.17, 15) is 0 Å². The van der Waals surface area contributed by atoms with E-state index in [4.69, 9.17) is 20.0 Å². The summed E-state index contributed by atoms with van der Waals surface area (Å²) in [6.45, 7) is 6.83. The lowest BCUT2D eigenvalue weighted by atomic mass is 10.1. The van der Waals surface area contributed by atoms with Gasteiger partial charge in [0.15, 0.2) is 0 Å². The largest absolute Gasteiger partial charge is 0.489 e. The van der Waals surface area contributed by atoms with Crippen LogP contribution in [0.3, 0.4) is 0 Å². The molecule has 0 aliphatic carbocycles. The molecule has 0 bridgehead atoms. The zero-order valence-corrected chi connectivity index (χ0v) is 17.0. The topological polar surface area (TPSA) is 66.0 Å². The van der Waals surface area contributed by atoms with E-state index in [0.29, 0.717) is 24.3 Å². The number of hydrogen-bond donors (Lipinski definition) is 0. The second-order valence-corrected chi connectivity index (χ2v) is 6.18. The van der Waals surface area contributed by atoms with Crippen molar-refractivity contribution in [1.82, 2.24) is 0 Å². The molecule has 0 atom stereocenters. The Morgan fingerprint density at radius 1 is 0.655 bits per heavy atom. The summed E-state index contributed by atoms with van der Waals surface area (Å²) in [5, 5.41) is 17.7. The van der Waals surface area contributed by atoms with Crippen LogP contribution in [0.4, 0.5) is 0 Å².